The number of rotatable bonds is 9. The van der Waals surface area contributed by atoms with E-state index in [0.29, 0.717) is 51.3 Å². The zero-order valence-corrected chi connectivity index (χ0v) is 25.2. The fourth-order valence-electron chi connectivity index (χ4n) is 6.23. The highest BCUT2D eigenvalue weighted by Gasteiger charge is 2.36. The van der Waals surface area contributed by atoms with Crippen molar-refractivity contribution in [3.8, 4) is 6.01 Å². The topological polar surface area (TPSA) is 91.5 Å². The molecule has 1 atom stereocenters. The predicted octanol–water partition coefficient (Wildman–Crippen LogP) is 3.03. The van der Waals surface area contributed by atoms with E-state index in [1.54, 1.807) is 0 Å². The maximum Gasteiger partial charge on any atom is 0.318 e. The van der Waals surface area contributed by atoms with Crippen LogP contribution in [-0.2, 0) is 22.5 Å². The van der Waals surface area contributed by atoms with Crippen molar-refractivity contribution in [2.75, 3.05) is 75.9 Å². The number of aryl methyl sites for hydroxylation is 1. The van der Waals surface area contributed by atoms with Crippen LogP contribution in [0.5, 0.6) is 6.01 Å². The molecule has 2 saturated heterocycles. The summed E-state index contributed by atoms with van der Waals surface area (Å²) in [6, 6.07) is 6.44. The van der Waals surface area contributed by atoms with E-state index in [0.717, 1.165) is 47.9 Å². The molecule has 1 aromatic carbocycles. The number of hydrogen-bond donors (Lipinski definition) is 0. The number of pyridine rings is 1. The maximum atomic E-state index is 13.8. The van der Waals surface area contributed by atoms with E-state index in [4.69, 9.17) is 26.0 Å². The van der Waals surface area contributed by atoms with Gasteiger partial charge in [-0.15, -0.1) is 0 Å². The van der Waals surface area contributed by atoms with Gasteiger partial charge in [-0.25, -0.2) is 11.0 Å². The summed E-state index contributed by atoms with van der Waals surface area (Å²) >= 11 is 0. The fourth-order valence-corrected chi connectivity index (χ4v) is 6.23. The van der Waals surface area contributed by atoms with Crippen molar-refractivity contribution in [3.63, 3.8) is 0 Å². The van der Waals surface area contributed by atoms with E-state index in [2.05, 4.69) is 57.2 Å². The van der Waals surface area contributed by atoms with E-state index >= 15 is 0 Å². The molecule has 2 aromatic heterocycles. The molecular formula is C32H37FN8O3. The van der Waals surface area contributed by atoms with Crippen LogP contribution in [0, 0.1) is 13.5 Å². The lowest BCUT2D eigenvalue weighted by atomic mass is 10.0. The molecule has 0 aliphatic carbocycles. The molecular weight excluding hydrogens is 563 g/mol. The molecule has 1 amide bonds. The molecule has 3 aliphatic heterocycles. The number of likely N-dealkylation sites (N-methyl/N-ethyl adjacent to an activating group) is 1. The van der Waals surface area contributed by atoms with E-state index < -0.39 is 17.8 Å². The molecule has 3 aromatic rings. The number of carbonyl (C=O) groups excluding carboxylic acids is 1. The first-order valence-electron chi connectivity index (χ1n) is 15.0. The van der Waals surface area contributed by atoms with E-state index in [9.17, 15) is 9.18 Å². The van der Waals surface area contributed by atoms with Crippen LogP contribution in [0.15, 0.2) is 43.0 Å². The third-order valence-corrected chi connectivity index (χ3v) is 8.83. The molecule has 5 heterocycles. The quantitative estimate of drug-likeness (QED) is 0.272. The van der Waals surface area contributed by atoms with E-state index in [1.165, 1.54) is 15.8 Å². The summed E-state index contributed by atoms with van der Waals surface area (Å²) in [6.45, 7) is 17.8. The van der Waals surface area contributed by atoms with Crippen molar-refractivity contribution >= 4 is 28.2 Å². The van der Waals surface area contributed by atoms with Gasteiger partial charge in [0.1, 0.15) is 18.5 Å². The number of fused-ring (bicyclic) bond motifs is 2. The highest BCUT2D eigenvalue weighted by molar-refractivity contribution is 5.96. The van der Waals surface area contributed by atoms with Gasteiger partial charge in [0, 0.05) is 55.3 Å². The molecule has 0 unspecified atom stereocenters. The lowest BCUT2D eigenvalue weighted by Gasteiger charge is -2.41. The molecule has 6 rings (SSSR count). The molecule has 0 saturated carbocycles. The average molecular weight is 601 g/mol. The number of hydrogen-bond acceptors (Lipinski definition) is 9. The van der Waals surface area contributed by atoms with Crippen LogP contribution in [0.1, 0.15) is 16.8 Å². The van der Waals surface area contributed by atoms with Gasteiger partial charge in [0.05, 0.1) is 43.4 Å². The average Bonchev–Trinajstić information content (AvgIpc) is 2.99. The number of benzene rings is 1. The number of halogens is 1. The lowest BCUT2D eigenvalue weighted by Crippen LogP contribution is -2.57. The summed E-state index contributed by atoms with van der Waals surface area (Å²) in [7, 11) is 2.05. The second kappa shape index (κ2) is 12.7. The SMILES string of the molecule is [C-]#[N+]C[C@H]1CN(c2nc(OCCN(C)C3COC3)nc3c2CCN(c2cncc4cccc(C)c24)C3)CCN1C(=O)C(=C)F. The Hall–Kier alpha value is -4.34. The van der Waals surface area contributed by atoms with Crippen LogP contribution in [0.3, 0.4) is 0 Å². The molecule has 0 radical (unpaired) electrons. The normalized spacial score (nSPS) is 18.6. The van der Waals surface area contributed by atoms with Gasteiger partial charge in [-0.1, -0.05) is 24.8 Å². The first-order chi connectivity index (χ1) is 21.3. The van der Waals surface area contributed by atoms with Gasteiger partial charge in [0.15, 0.2) is 5.83 Å². The summed E-state index contributed by atoms with van der Waals surface area (Å²) in [5.74, 6) is -1.03. The van der Waals surface area contributed by atoms with Gasteiger partial charge < -0.3 is 29.0 Å². The maximum absolute atomic E-state index is 13.8. The fraction of sp³-hybridized carbons (Fsp3) is 0.469. The predicted molar refractivity (Wildman–Crippen MR) is 165 cm³/mol. The second-order valence-corrected chi connectivity index (χ2v) is 11.6. The molecule has 11 nitrogen and oxygen atoms in total. The lowest BCUT2D eigenvalue weighted by molar-refractivity contribution is -0.131. The summed E-state index contributed by atoms with van der Waals surface area (Å²) in [5, 5.41) is 2.27. The van der Waals surface area contributed by atoms with Crippen LogP contribution < -0.4 is 14.5 Å². The van der Waals surface area contributed by atoms with Gasteiger partial charge in [0.25, 0.3) is 5.91 Å². The Bertz CT molecular complexity index is 1600. The van der Waals surface area contributed by atoms with Crippen molar-refractivity contribution in [1.29, 1.82) is 0 Å². The van der Waals surface area contributed by atoms with Crippen molar-refractivity contribution in [2.45, 2.75) is 32.0 Å². The molecule has 0 bridgehead atoms. The minimum atomic E-state index is -1.01. The monoisotopic (exact) mass is 600 g/mol. The smallest absolute Gasteiger partial charge is 0.318 e. The first kappa shape index (κ1) is 29.7. The van der Waals surface area contributed by atoms with Crippen LogP contribution in [-0.4, -0.2) is 109 Å². The molecule has 12 heteroatoms. The van der Waals surface area contributed by atoms with Gasteiger partial charge in [-0.05, 0) is 26.0 Å². The van der Waals surface area contributed by atoms with Crippen LogP contribution in [0.25, 0.3) is 15.6 Å². The first-order valence-corrected chi connectivity index (χ1v) is 15.0. The highest BCUT2D eigenvalue weighted by atomic mass is 19.1. The summed E-state index contributed by atoms with van der Waals surface area (Å²) < 4.78 is 25.3. The Kier molecular flexibility index (Phi) is 8.59. The number of aromatic nitrogens is 3. The van der Waals surface area contributed by atoms with Gasteiger partial charge >= 0.3 is 6.01 Å². The summed E-state index contributed by atoms with van der Waals surface area (Å²) in [4.78, 5) is 38.4. The number of carbonyl (C=O) groups is 1. The Morgan fingerprint density at radius 2 is 2.07 bits per heavy atom. The summed E-state index contributed by atoms with van der Waals surface area (Å²) in [6.07, 6.45) is 4.51. The van der Waals surface area contributed by atoms with Crippen molar-refractivity contribution in [2.24, 2.45) is 0 Å². The molecule has 44 heavy (non-hydrogen) atoms. The number of amides is 1. The third kappa shape index (κ3) is 5.89. The van der Waals surface area contributed by atoms with Crippen LogP contribution in [0.2, 0.25) is 0 Å². The second-order valence-electron chi connectivity index (χ2n) is 11.6. The zero-order chi connectivity index (χ0) is 30.8. The standard InChI is InChI=1S/C32H37FN8O3/c1-21-6-5-7-23-14-35-16-28(29(21)23)39-9-8-26-27(18-39)36-32(44-13-12-38(4)25-19-43-20-25)37-30(26)40-10-11-41(31(42)22(2)33)24(17-40)15-34-3/h5-7,14,16,24-25H,2,8-13,15,17-20H2,1,4H3/t24-/m0/s1. The zero-order valence-electron chi connectivity index (χ0n) is 25.2. The molecule has 2 fully saturated rings. The Balaban J connectivity index is 1.30. The Morgan fingerprint density at radius 3 is 2.82 bits per heavy atom. The molecule has 0 spiro atoms. The van der Waals surface area contributed by atoms with Gasteiger partial charge in [-0.3, -0.25) is 14.7 Å². The van der Waals surface area contributed by atoms with Crippen LogP contribution >= 0.6 is 0 Å². The summed E-state index contributed by atoms with van der Waals surface area (Å²) in [5.41, 5.74) is 4.15. The van der Waals surface area contributed by atoms with Gasteiger partial charge in [-0.2, -0.15) is 9.97 Å². The largest absolute Gasteiger partial charge is 0.462 e. The Labute approximate surface area is 256 Å². The van der Waals surface area contributed by atoms with E-state index in [1.807, 2.05) is 18.5 Å². The number of nitrogens with zero attached hydrogens (tertiary/aromatic N) is 8. The molecule has 3 aliphatic rings. The molecule has 230 valence electrons. The third-order valence-electron chi connectivity index (χ3n) is 8.83. The number of ether oxygens (including phenoxy) is 2. The van der Waals surface area contributed by atoms with Crippen LogP contribution in [0.4, 0.5) is 15.9 Å². The van der Waals surface area contributed by atoms with Gasteiger partial charge in [0.2, 0.25) is 6.54 Å². The molecule has 0 N–H and O–H groups in total. The Morgan fingerprint density at radius 1 is 1.23 bits per heavy atom. The number of piperazine rings is 1. The number of anilines is 2. The van der Waals surface area contributed by atoms with E-state index in [-0.39, 0.29) is 13.1 Å². The van der Waals surface area contributed by atoms with Crippen molar-refractivity contribution in [1.82, 2.24) is 24.8 Å². The van der Waals surface area contributed by atoms with Crippen molar-refractivity contribution in [3.05, 3.63) is 71.2 Å². The highest BCUT2D eigenvalue weighted by Crippen LogP contribution is 2.35. The minimum Gasteiger partial charge on any atom is -0.462 e. The van der Waals surface area contributed by atoms with Crippen molar-refractivity contribution < 1.29 is 18.7 Å². The minimum absolute atomic E-state index is 0.0601.